The largest absolute Gasteiger partial charge is 0.477 e. The van der Waals surface area contributed by atoms with Crippen molar-refractivity contribution in [3.8, 4) is 6.07 Å². The molecule has 1 N–H and O–H groups in total. The van der Waals surface area contributed by atoms with Crippen LogP contribution in [-0.2, 0) is 15.6 Å². The number of aliphatic carboxylic acids is 1. The Morgan fingerprint density at radius 1 is 0.938 bits per heavy atom. The number of hydrogen-bond donors (Lipinski definition) is 1. The van der Waals surface area contributed by atoms with Crippen LogP contribution in [0.15, 0.2) is 42.0 Å². The summed E-state index contributed by atoms with van der Waals surface area (Å²) in [5.41, 5.74) is 7.35. The van der Waals surface area contributed by atoms with Gasteiger partial charge in [-0.1, -0.05) is 64.1 Å². The summed E-state index contributed by atoms with van der Waals surface area (Å²) in [6.45, 7) is 11.7. The summed E-state index contributed by atoms with van der Waals surface area (Å²) in [4.78, 5) is 13.6. The molecule has 32 heavy (non-hydrogen) atoms. The molecule has 2 aliphatic heterocycles. The summed E-state index contributed by atoms with van der Waals surface area (Å²) in [6, 6.07) is 14.0. The molecule has 0 amide bonds. The fourth-order valence-electron chi connectivity index (χ4n) is 4.76. The summed E-state index contributed by atoms with van der Waals surface area (Å²) in [5, 5.41) is 17.9. The lowest BCUT2D eigenvalue weighted by Gasteiger charge is -2.48. The first-order chi connectivity index (χ1) is 15.1. The Hall–Kier alpha value is -3.32. The first-order valence-corrected chi connectivity index (χ1v) is 11.2. The van der Waals surface area contributed by atoms with E-state index in [1.54, 1.807) is 6.07 Å². The van der Waals surface area contributed by atoms with Crippen LogP contribution in [0.5, 0.6) is 0 Å². The molecular weight excluding hydrogens is 396 g/mol. The summed E-state index contributed by atoms with van der Waals surface area (Å²) in [5.74, 6) is -1.21. The van der Waals surface area contributed by atoms with Gasteiger partial charge in [-0.15, -0.1) is 0 Å². The Morgan fingerprint density at radius 2 is 1.44 bits per heavy atom. The molecule has 4 rings (SSSR count). The number of rotatable bonds is 4. The Balaban J connectivity index is 1.67. The molecular formula is C28H30N2O2. The molecule has 0 bridgehead atoms. The second-order valence-corrected chi connectivity index (χ2v) is 10.2. The van der Waals surface area contributed by atoms with Crippen molar-refractivity contribution in [3.05, 3.63) is 69.8 Å². The average molecular weight is 427 g/mol. The standard InChI is InChI=1S/C28H30N2O2/c1-27(2)11-13-30-14-12-28(3,4)24-17-21(16-23(27)25(24)30)10-7-19-5-8-20(9-6-19)15-22(18-29)26(31)32/h5-10,15-17H,11-14H2,1-4H3,(H,31,32)/b10-7+,22-15-. The minimum Gasteiger partial charge on any atom is -0.477 e. The monoisotopic (exact) mass is 426 g/mol. The van der Waals surface area contributed by atoms with Crippen LogP contribution < -0.4 is 4.90 Å². The lowest BCUT2D eigenvalue weighted by molar-refractivity contribution is -0.132. The average Bonchev–Trinajstić information content (AvgIpc) is 2.75. The fourth-order valence-corrected chi connectivity index (χ4v) is 4.76. The molecule has 2 aromatic rings. The van der Waals surface area contributed by atoms with Crippen molar-refractivity contribution < 1.29 is 9.90 Å². The highest BCUT2D eigenvalue weighted by atomic mass is 16.4. The molecule has 0 saturated carbocycles. The van der Waals surface area contributed by atoms with E-state index in [1.165, 1.54) is 41.3 Å². The van der Waals surface area contributed by atoms with Gasteiger partial charge in [-0.05, 0) is 69.7 Å². The van der Waals surface area contributed by atoms with Crippen molar-refractivity contribution in [2.45, 2.75) is 51.4 Å². The number of carboxylic acids is 1. The molecule has 0 spiro atoms. The number of carbonyl (C=O) groups is 1. The molecule has 0 fully saturated rings. The zero-order valence-electron chi connectivity index (χ0n) is 19.3. The van der Waals surface area contributed by atoms with Crippen molar-refractivity contribution >= 4 is 29.9 Å². The van der Waals surface area contributed by atoms with Crippen LogP contribution in [0, 0.1) is 11.3 Å². The SMILES string of the molecule is CC1(C)CCN2CCC(C)(C)c3cc(/C=C/c4ccc(/C=C(/C#N)C(=O)O)cc4)cc1c32. The first kappa shape index (κ1) is 21.9. The summed E-state index contributed by atoms with van der Waals surface area (Å²) in [7, 11) is 0. The third-order valence-corrected chi connectivity index (χ3v) is 6.99. The zero-order valence-corrected chi connectivity index (χ0v) is 19.3. The summed E-state index contributed by atoms with van der Waals surface area (Å²) >= 11 is 0. The van der Waals surface area contributed by atoms with Crippen molar-refractivity contribution in [2.24, 2.45) is 0 Å². The number of anilines is 1. The van der Waals surface area contributed by atoms with E-state index in [1.807, 2.05) is 24.3 Å². The Kier molecular flexibility index (Phi) is 5.46. The van der Waals surface area contributed by atoms with Crippen LogP contribution >= 0.6 is 0 Å². The van der Waals surface area contributed by atoms with Crippen molar-refractivity contribution in [2.75, 3.05) is 18.0 Å². The van der Waals surface area contributed by atoms with Gasteiger partial charge >= 0.3 is 5.97 Å². The highest BCUT2D eigenvalue weighted by Gasteiger charge is 2.39. The van der Waals surface area contributed by atoms with E-state index in [0.717, 1.165) is 18.7 Å². The molecule has 0 aromatic heterocycles. The van der Waals surface area contributed by atoms with Crippen LogP contribution in [0.4, 0.5) is 5.69 Å². The maximum absolute atomic E-state index is 11.0. The second kappa shape index (κ2) is 7.98. The van der Waals surface area contributed by atoms with Crippen molar-refractivity contribution in [1.82, 2.24) is 0 Å². The third-order valence-electron chi connectivity index (χ3n) is 6.99. The first-order valence-electron chi connectivity index (χ1n) is 11.2. The van der Waals surface area contributed by atoms with Crippen LogP contribution in [0.25, 0.3) is 18.2 Å². The molecule has 2 aliphatic rings. The van der Waals surface area contributed by atoms with Gasteiger partial charge in [-0.25, -0.2) is 4.79 Å². The van der Waals surface area contributed by atoms with Gasteiger partial charge in [0.2, 0.25) is 0 Å². The lowest BCUT2D eigenvalue weighted by atomic mass is 9.69. The van der Waals surface area contributed by atoms with Gasteiger partial charge in [0.15, 0.2) is 0 Å². The molecule has 4 nitrogen and oxygen atoms in total. The van der Waals surface area contributed by atoms with Gasteiger partial charge in [0, 0.05) is 18.8 Å². The number of carboxylic acid groups (broad SMARTS) is 1. The predicted molar refractivity (Wildman–Crippen MR) is 131 cm³/mol. The minimum atomic E-state index is -1.21. The molecule has 2 heterocycles. The highest BCUT2D eigenvalue weighted by molar-refractivity contribution is 5.96. The van der Waals surface area contributed by atoms with Gasteiger partial charge in [0.1, 0.15) is 11.6 Å². The Bertz CT molecular complexity index is 1120. The summed E-state index contributed by atoms with van der Waals surface area (Å²) < 4.78 is 0. The van der Waals surface area contributed by atoms with E-state index >= 15 is 0 Å². The van der Waals surface area contributed by atoms with Gasteiger partial charge in [-0.3, -0.25) is 0 Å². The third kappa shape index (κ3) is 4.08. The fraction of sp³-hybridized carbons (Fsp3) is 0.357. The van der Waals surface area contributed by atoms with E-state index in [-0.39, 0.29) is 16.4 Å². The molecule has 0 radical (unpaired) electrons. The maximum Gasteiger partial charge on any atom is 0.346 e. The zero-order chi connectivity index (χ0) is 23.1. The number of hydrogen-bond acceptors (Lipinski definition) is 3. The minimum absolute atomic E-state index is 0.161. The topological polar surface area (TPSA) is 64.3 Å². The van der Waals surface area contributed by atoms with Crippen molar-refractivity contribution in [1.29, 1.82) is 5.26 Å². The van der Waals surface area contributed by atoms with Crippen molar-refractivity contribution in [3.63, 3.8) is 0 Å². The van der Waals surface area contributed by atoms with Crippen LogP contribution in [0.1, 0.15) is 68.4 Å². The van der Waals surface area contributed by atoms with Gasteiger partial charge in [0.25, 0.3) is 0 Å². The Labute approximate surface area is 190 Å². The number of nitriles is 1. The molecule has 0 saturated heterocycles. The molecule has 164 valence electrons. The Morgan fingerprint density at radius 3 is 1.94 bits per heavy atom. The molecule has 0 atom stereocenters. The normalized spacial score (nSPS) is 18.8. The lowest BCUT2D eigenvalue weighted by Crippen LogP contribution is -2.44. The number of nitrogens with zero attached hydrogens (tertiary/aromatic N) is 2. The number of benzene rings is 2. The summed E-state index contributed by atoms with van der Waals surface area (Å²) in [6.07, 6.45) is 7.99. The van der Waals surface area contributed by atoms with Crippen LogP contribution in [0.2, 0.25) is 0 Å². The second-order valence-electron chi connectivity index (χ2n) is 10.2. The molecule has 2 aromatic carbocycles. The van der Waals surface area contributed by atoms with E-state index in [2.05, 4.69) is 56.9 Å². The molecule has 0 aliphatic carbocycles. The van der Waals surface area contributed by atoms with Crippen LogP contribution in [-0.4, -0.2) is 24.2 Å². The van der Waals surface area contributed by atoms with Gasteiger partial charge < -0.3 is 10.0 Å². The van der Waals surface area contributed by atoms with Gasteiger partial charge in [-0.2, -0.15) is 5.26 Å². The highest BCUT2D eigenvalue weighted by Crippen LogP contribution is 2.49. The van der Waals surface area contributed by atoms with E-state index in [4.69, 9.17) is 10.4 Å². The predicted octanol–water partition coefficient (Wildman–Crippen LogP) is 6.02. The van der Waals surface area contributed by atoms with Gasteiger partial charge in [0.05, 0.1) is 0 Å². The van der Waals surface area contributed by atoms with E-state index in [0.29, 0.717) is 5.56 Å². The molecule has 0 unspecified atom stereocenters. The maximum atomic E-state index is 11.0. The van der Waals surface area contributed by atoms with Crippen LogP contribution in [0.3, 0.4) is 0 Å². The smallest absolute Gasteiger partial charge is 0.346 e. The van der Waals surface area contributed by atoms with E-state index < -0.39 is 5.97 Å². The van der Waals surface area contributed by atoms with E-state index in [9.17, 15) is 4.79 Å². The quantitative estimate of drug-likeness (QED) is 0.369. The molecule has 4 heteroatoms.